The van der Waals surface area contributed by atoms with Crippen LogP contribution in [0.4, 0.5) is 4.79 Å². The molecular weight excluding hydrogens is 404 g/mol. The quantitative estimate of drug-likeness (QED) is 0.258. The molecule has 1 aliphatic rings. The smallest absolute Gasteiger partial charge is 0.407 e. The number of amides is 1. The van der Waals surface area contributed by atoms with Gasteiger partial charge >= 0.3 is 6.09 Å². The molecule has 1 heterocycles. The molecule has 0 radical (unpaired) electrons. The number of nitrogens with one attached hydrogen (secondary N) is 4. The highest BCUT2D eigenvalue weighted by atomic mass is 16.6. The van der Waals surface area contributed by atoms with Crippen molar-refractivity contribution in [3.05, 3.63) is 11.5 Å². The molecule has 4 N–H and O–H groups in total. The van der Waals surface area contributed by atoms with Gasteiger partial charge in [-0.25, -0.2) is 4.79 Å². The van der Waals surface area contributed by atoms with E-state index < -0.39 is 5.60 Å². The van der Waals surface area contributed by atoms with Gasteiger partial charge in [-0.15, -0.1) is 0 Å². The predicted molar refractivity (Wildman–Crippen MR) is 133 cm³/mol. The Hall–Kier alpha value is -1.47. The molecule has 0 fully saturated rings. The Morgan fingerprint density at radius 3 is 1.94 bits per heavy atom. The van der Waals surface area contributed by atoms with E-state index >= 15 is 0 Å². The van der Waals surface area contributed by atoms with E-state index in [1.165, 1.54) is 5.57 Å². The number of ether oxygens (including phenoxy) is 2. The van der Waals surface area contributed by atoms with Gasteiger partial charge < -0.3 is 30.7 Å². The van der Waals surface area contributed by atoms with Crippen molar-refractivity contribution < 1.29 is 14.3 Å². The van der Waals surface area contributed by atoms with Crippen molar-refractivity contribution in [1.82, 2.24) is 21.3 Å². The molecule has 1 aliphatic heterocycles. The minimum absolute atomic E-state index is 0.112. The molecule has 0 aromatic rings. The highest BCUT2D eigenvalue weighted by Crippen LogP contribution is 2.35. The summed E-state index contributed by atoms with van der Waals surface area (Å²) in [6.45, 7) is 20.3. The molecule has 0 spiro atoms. The summed E-state index contributed by atoms with van der Waals surface area (Å²) in [7, 11) is 0. The number of carbonyl (C=O) groups excluding carboxylic acids is 1. The minimum Gasteiger partial charge on any atom is -0.468 e. The monoisotopic (exact) mass is 454 g/mol. The topological polar surface area (TPSA) is 83.6 Å². The number of hydrogen-bond donors (Lipinski definition) is 4. The third-order valence-electron chi connectivity index (χ3n) is 5.94. The molecule has 0 aromatic heterocycles. The standard InChI is InChI=1S/C25H50N4O3/c1-9-20(28-22-19(3)25(7,8)31-22)13-17-26-15-11-12-16-27-18-14-21(10-2)29-23(30)32-24(4,5)6/h20-21,26-28H,9-18H2,1-8H3,(H,29,30). The van der Waals surface area contributed by atoms with Crippen LogP contribution >= 0.6 is 0 Å². The molecule has 7 nitrogen and oxygen atoms in total. The predicted octanol–water partition coefficient (Wildman–Crippen LogP) is 4.44. The van der Waals surface area contributed by atoms with E-state index in [1.54, 1.807) is 0 Å². The van der Waals surface area contributed by atoms with Gasteiger partial charge in [-0.2, -0.15) is 0 Å². The first kappa shape index (κ1) is 28.6. The van der Waals surface area contributed by atoms with Crippen LogP contribution in [0.5, 0.6) is 0 Å². The molecule has 2 atom stereocenters. The van der Waals surface area contributed by atoms with E-state index in [9.17, 15) is 4.79 Å². The fraction of sp³-hybridized carbons (Fsp3) is 0.880. The van der Waals surface area contributed by atoms with Crippen molar-refractivity contribution in [1.29, 1.82) is 0 Å². The first-order valence-corrected chi connectivity index (χ1v) is 12.6. The molecule has 7 heteroatoms. The Morgan fingerprint density at radius 2 is 1.50 bits per heavy atom. The summed E-state index contributed by atoms with van der Waals surface area (Å²) in [6, 6.07) is 0.598. The lowest BCUT2D eigenvalue weighted by molar-refractivity contribution is -0.00782. The summed E-state index contributed by atoms with van der Waals surface area (Å²) in [5, 5.41) is 13.5. The minimum atomic E-state index is -0.457. The zero-order chi connectivity index (χ0) is 24.2. The van der Waals surface area contributed by atoms with Crippen LogP contribution in [0, 0.1) is 0 Å². The van der Waals surface area contributed by atoms with Crippen LogP contribution in [0.3, 0.4) is 0 Å². The van der Waals surface area contributed by atoms with E-state index in [2.05, 4.69) is 55.9 Å². The van der Waals surface area contributed by atoms with Gasteiger partial charge in [0.25, 0.3) is 0 Å². The molecular formula is C25H50N4O3. The van der Waals surface area contributed by atoms with Gasteiger partial charge in [0.1, 0.15) is 11.2 Å². The fourth-order valence-electron chi connectivity index (χ4n) is 3.49. The lowest BCUT2D eigenvalue weighted by Crippen LogP contribution is -2.45. The molecule has 0 bridgehead atoms. The van der Waals surface area contributed by atoms with Gasteiger partial charge in [-0.05, 0) is 106 Å². The van der Waals surface area contributed by atoms with Gasteiger partial charge in [0.15, 0.2) is 5.88 Å². The van der Waals surface area contributed by atoms with Crippen LogP contribution in [0.25, 0.3) is 0 Å². The zero-order valence-electron chi connectivity index (χ0n) is 22.0. The molecule has 2 unspecified atom stereocenters. The van der Waals surface area contributed by atoms with E-state index in [0.717, 1.165) is 70.6 Å². The Kier molecular flexibility index (Phi) is 12.4. The average molecular weight is 455 g/mol. The maximum atomic E-state index is 11.9. The number of hydrogen-bond acceptors (Lipinski definition) is 6. The lowest BCUT2D eigenvalue weighted by Gasteiger charge is -2.41. The summed E-state index contributed by atoms with van der Waals surface area (Å²) in [6.07, 6.45) is 5.98. The van der Waals surface area contributed by atoms with E-state index in [-0.39, 0.29) is 17.7 Å². The van der Waals surface area contributed by atoms with E-state index in [1.807, 2.05) is 20.8 Å². The number of unbranched alkanes of at least 4 members (excludes halogenated alkanes) is 1. The van der Waals surface area contributed by atoms with Gasteiger partial charge in [-0.1, -0.05) is 13.8 Å². The van der Waals surface area contributed by atoms with Crippen LogP contribution in [0.15, 0.2) is 11.5 Å². The molecule has 0 aliphatic carbocycles. The summed E-state index contributed by atoms with van der Waals surface area (Å²) >= 11 is 0. The van der Waals surface area contributed by atoms with Crippen LogP contribution in [-0.4, -0.2) is 55.6 Å². The van der Waals surface area contributed by atoms with E-state index in [0.29, 0.717) is 6.04 Å². The van der Waals surface area contributed by atoms with Crippen LogP contribution in [0.2, 0.25) is 0 Å². The first-order chi connectivity index (χ1) is 15.0. The number of rotatable bonds is 16. The zero-order valence-corrected chi connectivity index (χ0v) is 22.0. The van der Waals surface area contributed by atoms with Crippen LogP contribution < -0.4 is 21.3 Å². The highest BCUT2D eigenvalue weighted by Gasteiger charge is 2.36. The fourth-order valence-corrected chi connectivity index (χ4v) is 3.49. The maximum Gasteiger partial charge on any atom is 0.407 e. The van der Waals surface area contributed by atoms with Gasteiger partial charge in [0, 0.05) is 17.7 Å². The second-order valence-corrected chi connectivity index (χ2v) is 10.4. The number of carbonyl (C=O) groups is 1. The Balaban J connectivity index is 2.02. The van der Waals surface area contributed by atoms with Crippen molar-refractivity contribution in [2.75, 3.05) is 26.2 Å². The second kappa shape index (κ2) is 13.9. The van der Waals surface area contributed by atoms with E-state index in [4.69, 9.17) is 9.47 Å². The van der Waals surface area contributed by atoms with Gasteiger partial charge in [0.2, 0.25) is 0 Å². The molecule has 0 aromatic carbocycles. The Morgan fingerprint density at radius 1 is 0.969 bits per heavy atom. The van der Waals surface area contributed by atoms with Gasteiger partial charge in [-0.3, -0.25) is 0 Å². The van der Waals surface area contributed by atoms with Crippen molar-refractivity contribution >= 4 is 6.09 Å². The van der Waals surface area contributed by atoms with Crippen molar-refractivity contribution in [2.45, 2.75) is 117 Å². The SMILES string of the molecule is CCC(CCNCCCCNCCC(CC)NC1=C(C)C(C)(C)O1)NC(=O)OC(C)(C)C. The third kappa shape index (κ3) is 11.4. The van der Waals surface area contributed by atoms with Gasteiger partial charge in [0.05, 0.1) is 0 Å². The largest absolute Gasteiger partial charge is 0.468 e. The molecule has 1 rings (SSSR count). The molecule has 188 valence electrons. The Bertz CT molecular complexity index is 584. The maximum absolute atomic E-state index is 11.9. The molecule has 0 saturated heterocycles. The van der Waals surface area contributed by atoms with Crippen molar-refractivity contribution in [2.24, 2.45) is 0 Å². The molecule has 0 saturated carbocycles. The summed E-state index contributed by atoms with van der Waals surface area (Å²) in [5.41, 5.74) is 0.739. The van der Waals surface area contributed by atoms with Crippen LogP contribution in [0.1, 0.15) is 93.9 Å². The normalized spacial score (nSPS) is 17.2. The summed E-state index contributed by atoms with van der Waals surface area (Å²) < 4.78 is 11.2. The molecule has 32 heavy (non-hydrogen) atoms. The Labute approximate surface area is 196 Å². The second-order valence-electron chi connectivity index (χ2n) is 10.4. The summed E-state index contributed by atoms with van der Waals surface area (Å²) in [4.78, 5) is 11.9. The third-order valence-corrected chi connectivity index (χ3v) is 5.94. The number of alkyl carbamates (subject to hydrolysis) is 1. The molecule has 1 amide bonds. The van der Waals surface area contributed by atoms with Crippen LogP contribution in [-0.2, 0) is 9.47 Å². The van der Waals surface area contributed by atoms with Crippen molar-refractivity contribution in [3.8, 4) is 0 Å². The van der Waals surface area contributed by atoms with Crippen molar-refractivity contribution in [3.63, 3.8) is 0 Å². The lowest BCUT2D eigenvalue weighted by atomic mass is 9.94. The summed E-state index contributed by atoms with van der Waals surface area (Å²) in [5.74, 6) is 0.972. The average Bonchev–Trinajstić information content (AvgIpc) is 2.70. The highest BCUT2D eigenvalue weighted by molar-refractivity contribution is 5.68. The first-order valence-electron chi connectivity index (χ1n) is 12.6.